The van der Waals surface area contributed by atoms with E-state index in [1.165, 1.54) is 5.56 Å². The normalized spacial score (nSPS) is 12.0. The van der Waals surface area contributed by atoms with E-state index in [1.54, 1.807) is 6.26 Å². The Morgan fingerprint density at radius 2 is 2.00 bits per heavy atom. The fourth-order valence-electron chi connectivity index (χ4n) is 1.37. The van der Waals surface area contributed by atoms with Crippen molar-refractivity contribution in [2.45, 2.75) is 46.0 Å². The number of aryl methyl sites for hydroxylation is 1. The Balaban J connectivity index is 3.00. The largest absolute Gasteiger partial charge is 0.468 e. The molecular formula is C11H18O. The zero-order chi connectivity index (χ0) is 9.19. The summed E-state index contributed by atoms with van der Waals surface area (Å²) in [5.74, 6) is 1.16. The van der Waals surface area contributed by atoms with Gasteiger partial charge in [-0.05, 0) is 24.5 Å². The second-order valence-corrected chi connectivity index (χ2v) is 3.87. The predicted octanol–water partition coefficient (Wildman–Crippen LogP) is 3.53. The van der Waals surface area contributed by atoms with E-state index in [9.17, 15) is 0 Å². The molecule has 1 heteroatoms. The summed E-state index contributed by atoms with van der Waals surface area (Å²) in [6.07, 6.45) is 3.98. The van der Waals surface area contributed by atoms with Gasteiger partial charge in [0.2, 0.25) is 0 Å². The maximum absolute atomic E-state index is 5.51. The van der Waals surface area contributed by atoms with E-state index in [-0.39, 0.29) is 5.41 Å². The Hall–Kier alpha value is -0.720. The van der Waals surface area contributed by atoms with Gasteiger partial charge in [0.25, 0.3) is 0 Å². The summed E-state index contributed by atoms with van der Waals surface area (Å²) < 4.78 is 5.51. The lowest BCUT2D eigenvalue weighted by molar-refractivity contribution is 0.371. The summed E-state index contributed by atoms with van der Waals surface area (Å²) in [6.45, 7) is 8.82. The number of hydrogen-bond donors (Lipinski definition) is 0. The van der Waals surface area contributed by atoms with Gasteiger partial charge >= 0.3 is 0 Å². The van der Waals surface area contributed by atoms with Crippen LogP contribution in [-0.4, -0.2) is 0 Å². The van der Waals surface area contributed by atoms with Crippen molar-refractivity contribution in [3.05, 3.63) is 23.7 Å². The summed E-state index contributed by atoms with van der Waals surface area (Å²) in [5, 5.41) is 0. The van der Waals surface area contributed by atoms with Gasteiger partial charge in [-0.2, -0.15) is 0 Å². The molecule has 0 N–H and O–H groups in total. The molecule has 0 spiro atoms. The van der Waals surface area contributed by atoms with E-state index < -0.39 is 0 Å². The summed E-state index contributed by atoms with van der Waals surface area (Å²) in [7, 11) is 0. The highest BCUT2D eigenvalue weighted by molar-refractivity contribution is 5.23. The van der Waals surface area contributed by atoms with E-state index in [4.69, 9.17) is 4.42 Å². The molecule has 12 heavy (non-hydrogen) atoms. The molecule has 0 saturated carbocycles. The van der Waals surface area contributed by atoms with Gasteiger partial charge in [-0.3, -0.25) is 0 Å². The van der Waals surface area contributed by atoms with Crippen molar-refractivity contribution in [2.24, 2.45) is 0 Å². The Morgan fingerprint density at radius 1 is 1.33 bits per heavy atom. The molecule has 1 aromatic rings. The minimum Gasteiger partial charge on any atom is -0.468 e. The van der Waals surface area contributed by atoms with Crippen molar-refractivity contribution in [1.29, 1.82) is 0 Å². The molecule has 0 unspecified atom stereocenters. The third-order valence-electron chi connectivity index (χ3n) is 2.63. The Labute approximate surface area is 74.8 Å². The second-order valence-electron chi connectivity index (χ2n) is 3.87. The zero-order valence-corrected chi connectivity index (χ0v) is 8.48. The Morgan fingerprint density at radius 3 is 2.50 bits per heavy atom. The molecule has 68 valence electrons. The van der Waals surface area contributed by atoms with Gasteiger partial charge in [-0.15, -0.1) is 0 Å². The molecule has 0 aliphatic heterocycles. The molecule has 0 saturated heterocycles. The molecule has 0 aliphatic carbocycles. The van der Waals surface area contributed by atoms with Crippen LogP contribution in [0.3, 0.4) is 0 Å². The topological polar surface area (TPSA) is 13.1 Å². The van der Waals surface area contributed by atoms with Gasteiger partial charge in [0.1, 0.15) is 5.76 Å². The molecule has 0 amide bonds. The van der Waals surface area contributed by atoms with Crippen LogP contribution >= 0.6 is 0 Å². The molecule has 0 bridgehead atoms. The van der Waals surface area contributed by atoms with Crippen LogP contribution in [0.15, 0.2) is 16.7 Å². The first-order chi connectivity index (χ1) is 5.61. The van der Waals surface area contributed by atoms with Crippen LogP contribution in [0.5, 0.6) is 0 Å². The number of furan rings is 1. The molecule has 1 rings (SSSR count). The highest BCUT2D eigenvalue weighted by atomic mass is 16.3. The number of hydrogen-bond acceptors (Lipinski definition) is 1. The van der Waals surface area contributed by atoms with Crippen LogP contribution in [0.4, 0.5) is 0 Å². The Bertz CT molecular complexity index is 245. The molecule has 0 atom stereocenters. The maximum atomic E-state index is 5.51. The van der Waals surface area contributed by atoms with E-state index in [2.05, 4.69) is 33.8 Å². The molecule has 0 aromatic carbocycles. The fraction of sp³-hybridized carbons (Fsp3) is 0.636. The van der Waals surface area contributed by atoms with Crippen LogP contribution in [0.2, 0.25) is 0 Å². The minimum absolute atomic E-state index is 0.189. The quantitative estimate of drug-likeness (QED) is 0.669. The lowest BCUT2D eigenvalue weighted by Gasteiger charge is -2.21. The molecule has 1 aromatic heterocycles. The summed E-state index contributed by atoms with van der Waals surface area (Å²) in [5.41, 5.74) is 1.54. The van der Waals surface area contributed by atoms with E-state index in [0.29, 0.717) is 0 Å². The van der Waals surface area contributed by atoms with Crippen LogP contribution in [-0.2, 0) is 11.8 Å². The van der Waals surface area contributed by atoms with Crippen molar-refractivity contribution < 1.29 is 4.42 Å². The highest BCUT2D eigenvalue weighted by Crippen LogP contribution is 2.30. The van der Waals surface area contributed by atoms with Crippen molar-refractivity contribution in [3.8, 4) is 0 Å². The minimum atomic E-state index is 0.189. The zero-order valence-electron chi connectivity index (χ0n) is 8.48. The SMILES string of the molecule is CCc1ccoc1C(C)(C)CC. The lowest BCUT2D eigenvalue weighted by atomic mass is 9.85. The first kappa shape index (κ1) is 9.37. The fourth-order valence-corrected chi connectivity index (χ4v) is 1.37. The van der Waals surface area contributed by atoms with Crippen LogP contribution in [0.1, 0.15) is 45.4 Å². The van der Waals surface area contributed by atoms with Gasteiger partial charge in [0.05, 0.1) is 6.26 Å². The predicted molar refractivity (Wildman–Crippen MR) is 51.4 cm³/mol. The third-order valence-corrected chi connectivity index (χ3v) is 2.63. The van der Waals surface area contributed by atoms with Crippen molar-refractivity contribution in [1.82, 2.24) is 0 Å². The van der Waals surface area contributed by atoms with E-state index >= 15 is 0 Å². The molecule has 0 aliphatic rings. The summed E-state index contributed by atoms with van der Waals surface area (Å²) >= 11 is 0. The van der Waals surface area contributed by atoms with Crippen molar-refractivity contribution in [3.63, 3.8) is 0 Å². The monoisotopic (exact) mass is 166 g/mol. The van der Waals surface area contributed by atoms with Crippen LogP contribution in [0.25, 0.3) is 0 Å². The average Bonchev–Trinajstić information content (AvgIpc) is 2.52. The van der Waals surface area contributed by atoms with Gasteiger partial charge in [0, 0.05) is 5.41 Å². The second kappa shape index (κ2) is 3.34. The standard InChI is InChI=1S/C11H18O/c1-5-9-7-8-12-10(9)11(3,4)6-2/h7-8H,5-6H2,1-4H3. The smallest absolute Gasteiger partial charge is 0.112 e. The third kappa shape index (κ3) is 1.55. The molecule has 1 nitrogen and oxygen atoms in total. The molecular weight excluding hydrogens is 148 g/mol. The van der Waals surface area contributed by atoms with Crippen molar-refractivity contribution >= 4 is 0 Å². The van der Waals surface area contributed by atoms with E-state index in [1.807, 2.05) is 0 Å². The first-order valence-electron chi connectivity index (χ1n) is 4.68. The van der Waals surface area contributed by atoms with Gasteiger partial charge in [-0.25, -0.2) is 0 Å². The number of rotatable bonds is 3. The van der Waals surface area contributed by atoms with Gasteiger partial charge in [0.15, 0.2) is 0 Å². The van der Waals surface area contributed by atoms with E-state index in [0.717, 1.165) is 18.6 Å². The maximum Gasteiger partial charge on any atom is 0.112 e. The average molecular weight is 166 g/mol. The molecule has 0 fully saturated rings. The van der Waals surface area contributed by atoms with Gasteiger partial charge in [-0.1, -0.05) is 27.7 Å². The van der Waals surface area contributed by atoms with Crippen LogP contribution < -0.4 is 0 Å². The summed E-state index contributed by atoms with van der Waals surface area (Å²) in [6, 6.07) is 2.08. The molecule has 0 radical (unpaired) electrons. The summed E-state index contributed by atoms with van der Waals surface area (Å²) in [4.78, 5) is 0. The Kier molecular flexibility index (Phi) is 2.61. The van der Waals surface area contributed by atoms with Crippen LogP contribution in [0, 0.1) is 0 Å². The van der Waals surface area contributed by atoms with Crippen molar-refractivity contribution in [2.75, 3.05) is 0 Å². The van der Waals surface area contributed by atoms with Gasteiger partial charge < -0.3 is 4.42 Å². The highest BCUT2D eigenvalue weighted by Gasteiger charge is 2.23. The molecule has 1 heterocycles. The lowest BCUT2D eigenvalue weighted by Crippen LogP contribution is -2.16. The first-order valence-corrected chi connectivity index (χ1v) is 4.68.